The lowest BCUT2D eigenvalue weighted by Gasteiger charge is -2.22. The number of nitrogens with one attached hydrogen (secondary N) is 1. The summed E-state index contributed by atoms with van der Waals surface area (Å²) in [4.78, 5) is 15.8. The van der Waals surface area contributed by atoms with Crippen molar-refractivity contribution in [3.05, 3.63) is 22.4 Å². The van der Waals surface area contributed by atoms with Crippen LogP contribution in [0.4, 0.5) is 0 Å². The van der Waals surface area contributed by atoms with Crippen molar-refractivity contribution in [3.63, 3.8) is 0 Å². The third-order valence-corrected chi connectivity index (χ3v) is 5.19. The van der Waals surface area contributed by atoms with Gasteiger partial charge in [0.05, 0.1) is 13.0 Å². The van der Waals surface area contributed by atoms with Crippen molar-refractivity contribution in [1.82, 2.24) is 10.2 Å². The van der Waals surface area contributed by atoms with Crippen LogP contribution < -0.4 is 5.32 Å². The molecule has 1 saturated heterocycles. The number of ether oxygens (including phenoxy) is 1. The van der Waals surface area contributed by atoms with E-state index < -0.39 is 0 Å². The van der Waals surface area contributed by atoms with Gasteiger partial charge in [0.15, 0.2) is 0 Å². The Morgan fingerprint density at radius 1 is 1.50 bits per heavy atom. The maximum atomic E-state index is 12.3. The Kier molecular flexibility index (Phi) is 6.86. The SMILES string of the molecule is CCOCCN1C[C@H](NC(=O)Cc2cccs2)[C@@H](C(C)C)C1. The average Bonchev–Trinajstić information content (AvgIpc) is 3.09. The van der Waals surface area contributed by atoms with E-state index in [0.29, 0.717) is 18.3 Å². The van der Waals surface area contributed by atoms with Crippen LogP contribution in [0.15, 0.2) is 17.5 Å². The van der Waals surface area contributed by atoms with E-state index in [2.05, 4.69) is 24.1 Å². The standard InChI is InChI=1S/C17H28N2O2S/c1-4-21-8-7-19-11-15(13(2)3)16(12-19)18-17(20)10-14-6-5-9-22-14/h5-6,9,13,15-16H,4,7-8,10-12H2,1-3H3,(H,18,20)/t15-,16+/m1/s1. The fourth-order valence-corrected chi connectivity index (χ4v) is 3.79. The molecule has 0 radical (unpaired) electrons. The molecular formula is C17H28N2O2S. The maximum Gasteiger partial charge on any atom is 0.225 e. The number of carbonyl (C=O) groups is 1. The maximum absolute atomic E-state index is 12.3. The van der Waals surface area contributed by atoms with Gasteiger partial charge in [-0.05, 0) is 30.2 Å². The summed E-state index contributed by atoms with van der Waals surface area (Å²) < 4.78 is 5.45. The summed E-state index contributed by atoms with van der Waals surface area (Å²) >= 11 is 1.64. The minimum atomic E-state index is 0.143. The van der Waals surface area contributed by atoms with Crippen LogP contribution in [-0.4, -0.2) is 49.7 Å². The van der Waals surface area contributed by atoms with Gasteiger partial charge >= 0.3 is 0 Å². The van der Waals surface area contributed by atoms with Crippen LogP contribution in [0.5, 0.6) is 0 Å². The second-order valence-electron chi connectivity index (χ2n) is 6.29. The summed E-state index contributed by atoms with van der Waals surface area (Å²) in [5.41, 5.74) is 0. The summed E-state index contributed by atoms with van der Waals surface area (Å²) in [5, 5.41) is 5.27. The van der Waals surface area contributed by atoms with Crippen LogP contribution in [0, 0.1) is 11.8 Å². The minimum Gasteiger partial charge on any atom is -0.380 e. The lowest BCUT2D eigenvalue weighted by molar-refractivity contribution is -0.121. The Balaban J connectivity index is 1.85. The molecule has 2 rings (SSSR count). The highest BCUT2D eigenvalue weighted by atomic mass is 32.1. The molecule has 1 aliphatic rings. The normalized spacial score (nSPS) is 22.4. The molecule has 0 aliphatic carbocycles. The van der Waals surface area contributed by atoms with Gasteiger partial charge in [-0.3, -0.25) is 9.69 Å². The zero-order chi connectivity index (χ0) is 15.9. The van der Waals surface area contributed by atoms with E-state index in [0.717, 1.165) is 37.7 Å². The molecule has 1 fully saturated rings. The quantitative estimate of drug-likeness (QED) is 0.747. The zero-order valence-corrected chi connectivity index (χ0v) is 14.7. The van der Waals surface area contributed by atoms with Crippen LogP contribution in [0.2, 0.25) is 0 Å². The Hall–Kier alpha value is -0.910. The van der Waals surface area contributed by atoms with Crippen molar-refractivity contribution in [1.29, 1.82) is 0 Å². The summed E-state index contributed by atoms with van der Waals surface area (Å²) in [6, 6.07) is 4.27. The van der Waals surface area contributed by atoms with Crippen molar-refractivity contribution in [2.24, 2.45) is 11.8 Å². The Bertz CT molecular complexity index is 448. The molecule has 1 N–H and O–H groups in total. The van der Waals surface area contributed by atoms with Crippen molar-refractivity contribution in [3.8, 4) is 0 Å². The van der Waals surface area contributed by atoms with Crippen LogP contribution >= 0.6 is 11.3 Å². The molecule has 1 aromatic heterocycles. The summed E-state index contributed by atoms with van der Waals surface area (Å²) in [6.45, 7) is 11.0. The number of amides is 1. The summed E-state index contributed by atoms with van der Waals surface area (Å²) in [5.74, 6) is 1.24. The Morgan fingerprint density at radius 2 is 2.32 bits per heavy atom. The number of carbonyl (C=O) groups excluding carboxylic acids is 1. The van der Waals surface area contributed by atoms with Crippen LogP contribution in [0.25, 0.3) is 0 Å². The monoisotopic (exact) mass is 324 g/mol. The van der Waals surface area contributed by atoms with Gasteiger partial charge in [0.25, 0.3) is 0 Å². The van der Waals surface area contributed by atoms with E-state index in [1.54, 1.807) is 11.3 Å². The molecule has 4 nitrogen and oxygen atoms in total. The van der Waals surface area contributed by atoms with E-state index in [-0.39, 0.29) is 11.9 Å². The molecule has 124 valence electrons. The molecule has 1 aliphatic heterocycles. The first-order chi connectivity index (χ1) is 10.6. The predicted molar refractivity (Wildman–Crippen MR) is 91.2 cm³/mol. The van der Waals surface area contributed by atoms with Gasteiger partial charge < -0.3 is 10.1 Å². The van der Waals surface area contributed by atoms with E-state index in [1.165, 1.54) is 0 Å². The largest absolute Gasteiger partial charge is 0.380 e. The molecule has 0 bridgehead atoms. The Labute approximate surface area is 137 Å². The van der Waals surface area contributed by atoms with Gasteiger partial charge in [-0.15, -0.1) is 11.3 Å². The smallest absolute Gasteiger partial charge is 0.225 e. The number of likely N-dealkylation sites (tertiary alicyclic amines) is 1. The first-order valence-electron chi connectivity index (χ1n) is 8.22. The molecule has 22 heavy (non-hydrogen) atoms. The molecule has 0 spiro atoms. The molecule has 1 amide bonds. The number of hydrogen-bond donors (Lipinski definition) is 1. The van der Waals surface area contributed by atoms with Gasteiger partial charge in [0.2, 0.25) is 5.91 Å². The highest BCUT2D eigenvalue weighted by Crippen LogP contribution is 2.24. The fourth-order valence-electron chi connectivity index (χ4n) is 3.09. The molecule has 0 unspecified atom stereocenters. The number of thiophene rings is 1. The summed E-state index contributed by atoms with van der Waals surface area (Å²) in [7, 11) is 0. The molecule has 0 aromatic carbocycles. The van der Waals surface area contributed by atoms with Gasteiger partial charge in [0, 0.05) is 37.2 Å². The highest BCUT2D eigenvalue weighted by molar-refractivity contribution is 7.10. The highest BCUT2D eigenvalue weighted by Gasteiger charge is 2.35. The molecule has 2 heterocycles. The molecule has 1 aromatic rings. The molecule has 5 heteroatoms. The Morgan fingerprint density at radius 3 is 2.95 bits per heavy atom. The van der Waals surface area contributed by atoms with Crippen molar-refractivity contribution in [2.75, 3.05) is 32.8 Å². The third kappa shape index (κ3) is 5.07. The first kappa shape index (κ1) is 17.4. The van der Waals surface area contributed by atoms with Crippen LogP contribution in [0.3, 0.4) is 0 Å². The lowest BCUT2D eigenvalue weighted by Crippen LogP contribution is -2.42. The summed E-state index contributed by atoms with van der Waals surface area (Å²) in [6.07, 6.45) is 0.498. The van der Waals surface area contributed by atoms with Crippen LogP contribution in [-0.2, 0) is 16.0 Å². The predicted octanol–water partition coefficient (Wildman–Crippen LogP) is 2.40. The van der Waals surface area contributed by atoms with E-state index in [1.807, 2.05) is 24.4 Å². The van der Waals surface area contributed by atoms with Crippen molar-refractivity contribution in [2.45, 2.75) is 33.2 Å². The van der Waals surface area contributed by atoms with Gasteiger partial charge in [-0.25, -0.2) is 0 Å². The van der Waals surface area contributed by atoms with Crippen molar-refractivity contribution < 1.29 is 9.53 Å². The topological polar surface area (TPSA) is 41.6 Å². The second kappa shape index (κ2) is 8.65. The van der Waals surface area contributed by atoms with Crippen LogP contribution in [0.1, 0.15) is 25.6 Å². The fraction of sp³-hybridized carbons (Fsp3) is 0.706. The zero-order valence-electron chi connectivity index (χ0n) is 13.9. The van der Waals surface area contributed by atoms with Gasteiger partial charge in [-0.1, -0.05) is 19.9 Å². The number of hydrogen-bond acceptors (Lipinski definition) is 4. The molecule has 2 atom stereocenters. The molecular weight excluding hydrogens is 296 g/mol. The van der Waals surface area contributed by atoms with Gasteiger partial charge in [-0.2, -0.15) is 0 Å². The third-order valence-electron chi connectivity index (χ3n) is 4.31. The van der Waals surface area contributed by atoms with Crippen molar-refractivity contribution >= 4 is 17.2 Å². The second-order valence-corrected chi connectivity index (χ2v) is 7.33. The minimum absolute atomic E-state index is 0.143. The average molecular weight is 324 g/mol. The van der Waals surface area contributed by atoms with E-state index >= 15 is 0 Å². The van der Waals surface area contributed by atoms with E-state index in [4.69, 9.17) is 4.74 Å². The lowest BCUT2D eigenvalue weighted by atomic mass is 9.91. The van der Waals surface area contributed by atoms with Gasteiger partial charge in [0.1, 0.15) is 0 Å². The molecule has 0 saturated carbocycles. The number of rotatable bonds is 8. The van der Waals surface area contributed by atoms with E-state index in [9.17, 15) is 4.79 Å². The number of nitrogens with zero attached hydrogens (tertiary/aromatic N) is 1. The first-order valence-corrected chi connectivity index (χ1v) is 9.10.